The predicted octanol–water partition coefficient (Wildman–Crippen LogP) is 19.9. The van der Waals surface area contributed by atoms with Crippen LogP contribution in [0.2, 0.25) is 0 Å². The summed E-state index contributed by atoms with van der Waals surface area (Å²) in [4.78, 5) is 0. The van der Waals surface area contributed by atoms with Gasteiger partial charge in [0.1, 0.15) is 0 Å². The van der Waals surface area contributed by atoms with E-state index in [2.05, 4.69) is 20.8 Å². The second kappa shape index (κ2) is 51.3. The standard InChI is InChI=1S/C58H119NO3S/c1-4-7-10-13-16-19-22-25-28-31-34-37-40-43-46-49-54-59(57-52-53-58-63(60,61)62,55-50-47-44-41-38-35-32-29-26-23-20-17-14-11-8-5-2)56-51-48-45-42-39-36-33-30-27-24-21-18-15-12-9-6-3/h4-58H2,1-3H3. The summed E-state index contributed by atoms with van der Waals surface area (Å²) in [6.45, 7) is 11.7. The third kappa shape index (κ3) is 51.1. The number of hydrogen-bond donors (Lipinski definition) is 0. The number of nitrogens with zero attached hydrogens (tertiary/aromatic N) is 1. The van der Waals surface area contributed by atoms with Gasteiger partial charge < -0.3 is 9.04 Å². The minimum atomic E-state index is -4.13. The van der Waals surface area contributed by atoms with Crippen LogP contribution in [-0.4, -0.2) is 49.4 Å². The largest absolute Gasteiger partial charge is 0.748 e. The van der Waals surface area contributed by atoms with E-state index >= 15 is 0 Å². The van der Waals surface area contributed by atoms with Crippen LogP contribution in [0.4, 0.5) is 0 Å². The van der Waals surface area contributed by atoms with E-state index < -0.39 is 10.1 Å². The predicted molar refractivity (Wildman–Crippen MR) is 282 cm³/mol. The molecule has 0 heterocycles. The van der Waals surface area contributed by atoms with E-state index in [1.807, 2.05) is 0 Å². The van der Waals surface area contributed by atoms with Gasteiger partial charge in [0.15, 0.2) is 0 Å². The summed E-state index contributed by atoms with van der Waals surface area (Å²) in [5.41, 5.74) is 0. The maximum atomic E-state index is 11.5. The van der Waals surface area contributed by atoms with Crippen LogP contribution in [-0.2, 0) is 10.1 Å². The summed E-state index contributed by atoms with van der Waals surface area (Å²) in [5.74, 6) is -0.190. The zero-order valence-electron chi connectivity index (χ0n) is 44.0. The minimum absolute atomic E-state index is 0.190. The number of hydrogen-bond acceptors (Lipinski definition) is 3. The summed E-state index contributed by atoms with van der Waals surface area (Å²) >= 11 is 0. The van der Waals surface area contributed by atoms with Crippen molar-refractivity contribution in [2.24, 2.45) is 0 Å². The highest BCUT2D eigenvalue weighted by atomic mass is 32.2. The van der Waals surface area contributed by atoms with E-state index in [4.69, 9.17) is 0 Å². The molecule has 0 atom stereocenters. The van der Waals surface area contributed by atoms with Crippen molar-refractivity contribution >= 4 is 10.1 Å². The fraction of sp³-hybridized carbons (Fsp3) is 1.00. The lowest BCUT2D eigenvalue weighted by Crippen LogP contribution is -2.51. The first-order valence-electron chi connectivity index (χ1n) is 29.7. The van der Waals surface area contributed by atoms with Crippen LogP contribution in [0.25, 0.3) is 0 Å². The molecule has 0 aromatic heterocycles. The Balaban J connectivity index is 4.74. The maximum Gasteiger partial charge on any atom is 0.0945 e. The molecule has 0 spiro atoms. The summed E-state index contributed by atoms with van der Waals surface area (Å²) in [7, 11) is -4.13. The summed E-state index contributed by atoms with van der Waals surface area (Å²) < 4.78 is 35.7. The lowest BCUT2D eigenvalue weighted by Gasteiger charge is -2.40. The molecule has 0 aliphatic carbocycles. The monoisotopic (exact) mass is 910 g/mol. The molecule has 0 rings (SSSR count). The molecule has 63 heavy (non-hydrogen) atoms. The van der Waals surface area contributed by atoms with Gasteiger partial charge in [0, 0.05) is 5.75 Å². The fourth-order valence-electron chi connectivity index (χ4n) is 10.4. The summed E-state index contributed by atoms with van der Waals surface area (Å²) in [6.07, 6.45) is 68.8. The molecule has 0 aliphatic heterocycles. The van der Waals surface area contributed by atoms with Crippen molar-refractivity contribution in [2.75, 3.05) is 31.9 Å². The van der Waals surface area contributed by atoms with Gasteiger partial charge in [-0.3, -0.25) is 0 Å². The fourth-order valence-corrected chi connectivity index (χ4v) is 10.9. The van der Waals surface area contributed by atoms with Crippen LogP contribution in [0, 0.1) is 0 Å². The molecule has 0 fully saturated rings. The molecule has 380 valence electrons. The van der Waals surface area contributed by atoms with Gasteiger partial charge in [-0.1, -0.05) is 290 Å². The van der Waals surface area contributed by atoms with E-state index in [-0.39, 0.29) is 5.75 Å². The Labute approximate surface area is 399 Å². The highest BCUT2D eigenvalue weighted by Gasteiger charge is 2.26. The number of rotatable bonds is 56. The van der Waals surface area contributed by atoms with Gasteiger partial charge >= 0.3 is 0 Å². The molecular weight excluding hydrogens is 791 g/mol. The summed E-state index contributed by atoms with van der Waals surface area (Å²) in [5, 5.41) is 0. The zero-order valence-corrected chi connectivity index (χ0v) is 44.8. The lowest BCUT2D eigenvalue weighted by atomic mass is 10.0. The highest BCUT2D eigenvalue weighted by Crippen LogP contribution is 2.22. The Morgan fingerprint density at radius 1 is 0.238 bits per heavy atom. The Kier molecular flexibility index (Phi) is 51.2. The van der Waals surface area contributed by atoms with E-state index in [1.165, 1.54) is 332 Å². The molecule has 0 amide bonds. The molecule has 0 aromatic rings. The number of unbranched alkanes of at least 4 members (excludes halogenated alkanes) is 46. The molecule has 0 saturated carbocycles. The SMILES string of the molecule is CCCCCCCCCCCCCCCCCC[N+](CCCCCCCCCCCCCCCCCC)(CCCCCCCCCCCCCCCCCC)CCCCS(=O)(=O)[O-]. The quantitative estimate of drug-likeness (QED) is 0.0347. The molecule has 0 bridgehead atoms. The molecule has 0 radical (unpaired) electrons. The van der Waals surface area contributed by atoms with Crippen molar-refractivity contribution in [1.29, 1.82) is 0 Å². The van der Waals surface area contributed by atoms with Crippen LogP contribution >= 0.6 is 0 Å². The Hall–Kier alpha value is -0.130. The Morgan fingerprint density at radius 3 is 0.540 bits per heavy atom. The molecule has 0 saturated heterocycles. The van der Waals surface area contributed by atoms with Gasteiger partial charge in [-0.25, -0.2) is 8.42 Å². The first kappa shape index (κ1) is 62.9. The molecule has 0 N–H and O–H groups in total. The molecule has 0 aromatic carbocycles. The van der Waals surface area contributed by atoms with Crippen LogP contribution in [0.5, 0.6) is 0 Å². The second-order valence-electron chi connectivity index (χ2n) is 21.1. The topological polar surface area (TPSA) is 57.2 Å². The second-order valence-corrected chi connectivity index (χ2v) is 22.6. The van der Waals surface area contributed by atoms with Crippen molar-refractivity contribution in [3.8, 4) is 0 Å². The van der Waals surface area contributed by atoms with Crippen LogP contribution in [0.15, 0.2) is 0 Å². The molecule has 5 heteroatoms. The first-order valence-corrected chi connectivity index (χ1v) is 31.3. The van der Waals surface area contributed by atoms with Gasteiger partial charge in [-0.15, -0.1) is 0 Å². The van der Waals surface area contributed by atoms with E-state index in [0.29, 0.717) is 6.42 Å². The van der Waals surface area contributed by atoms with Gasteiger partial charge in [-0.05, 0) is 51.4 Å². The lowest BCUT2D eigenvalue weighted by molar-refractivity contribution is -0.929. The van der Waals surface area contributed by atoms with Gasteiger partial charge in [0.05, 0.1) is 36.3 Å². The van der Waals surface area contributed by atoms with Crippen molar-refractivity contribution < 1.29 is 17.5 Å². The van der Waals surface area contributed by atoms with Gasteiger partial charge in [0.2, 0.25) is 0 Å². The van der Waals surface area contributed by atoms with Gasteiger partial charge in [-0.2, -0.15) is 0 Å². The maximum absolute atomic E-state index is 11.5. The van der Waals surface area contributed by atoms with E-state index in [0.717, 1.165) is 13.0 Å². The number of quaternary nitrogens is 1. The Morgan fingerprint density at radius 2 is 0.381 bits per heavy atom. The average molecular weight is 911 g/mol. The van der Waals surface area contributed by atoms with E-state index in [9.17, 15) is 13.0 Å². The molecule has 0 unspecified atom stereocenters. The molecule has 4 nitrogen and oxygen atoms in total. The summed E-state index contributed by atoms with van der Waals surface area (Å²) in [6, 6.07) is 0. The van der Waals surface area contributed by atoms with Crippen LogP contribution < -0.4 is 0 Å². The average Bonchev–Trinajstić information content (AvgIpc) is 3.27. The smallest absolute Gasteiger partial charge is 0.0945 e. The van der Waals surface area contributed by atoms with Crippen molar-refractivity contribution in [2.45, 2.75) is 342 Å². The van der Waals surface area contributed by atoms with Crippen molar-refractivity contribution in [1.82, 2.24) is 0 Å². The van der Waals surface area contributed by atoms with Crippen LogP contribution in [0.1, 0.15) is 342 Å². The first-order chi connectivity index (χ1) is 30.9. The van der Waals surface area contributed by atoms with Gasteiger partial charge in [0.25, 0.3) is 0 Å². The third-order valence-electron chi connectivity index (χ3n) is 14.7. The third-order valence-corrected chi connectivity index (χ3v) is 15.5. The van der Waals surface area contributed by atoms with Crippen LogP contribution in [0.3, 0.4) is 0 Å². The molecular formula is C58H119NO3S. The van der Waals surface area contributed by atoms with E-state index in [1.54, 1.807) is 0 Å². The van der Waals surface area contributed by atoms with Crippen molar-refractivity contribution in [3.63, 3.8) is 0 Å². The normalized spacial score (nSPS) is 12.3. The zero-order chi connectivity index (χ0) is 45.9. The van der Waals surface area contributed by atoms with Crippen molar-refractivity contribution in [3.05, 3.63) is 0 Å². The Bertz CT molecular complexity index is 865. The minimum Gasteiger partial charge on any atom is -0.748 e. The molecule has 0 aliphatic rings. The highest BCUT2D eigenvalue weighted by molar-refractivity contribution is 7.85.